The SMILES string of the molecule is CCNC(=NCc1cccc(COCCOCC)c1)NCC1(c2ccccc2)CC1. The predicted molar refractivity (Wildman–Crippen MR) is 123 cm³/mol. The first-order valence-corrected chi connectivity index (χ1v) is 11.1. The summed E-state index contributed by atoms with van der Waals surface area (Å²) < 4.78 is 11.0. The van der Waals surface area contributed by atoms with Crippen molar-refractivity contribution in [1.82, 2.24) is 10.6 Å². The van der Waals surface area contributed by atoms with Gasteiger partial charge >= 0.3 is 0 Å². The Hall–Kier alpha value is -2.37. The summed E-state index contributed by atoms with van der Waals surface area (Å²) in [5.74, 6) is 0.873. The lowest BCUT2D eigenvalue weighted by molar-refractivity contribution is 0.0453. The number of benzene rings is 2. The molecule has 0 atom stereocenters. The fourth-order valence-electron chi connectivity index (χ4n) is 3.55. The Labute approximate surface area is 180 Å². The maximum atomic E-state index is 5.68. The van der Waals surface area contributed by atoms with Gasteiger partial charge in [0.25, 0.3) is 0 Å². The van der Waals surface area contributed by atoms with Gasteiger partial charge in [0.2, 0.25) is 0 Å². The lowest BCUT2D eigenvalue weighted by Crippen LogP contribution is -2.41. The van der Waals surface area contributed by atoms with Crippen LogP contribution in [-0.2, 0) is 28.0 Å². The van der Waals surface area contributed by atoms with E-state index < -0.39 is 0 Å². The van der Waals surface area contributed by atoms with Crippen molar-refractivity contribution in [2.24, 2.45) is 4.99 Å². The average molecular weight is 410 g/mol. The minimum absolute atomic E-state index is 0.260. The van der Waals surface area contributed by atoms with Crippen molar-refractivity contribution < 1.29 is 9.47 Å². The zero-order valence-electron chi connectivity index (χ0n) is 18.3. The summed E-state index contributed by atoms with van der Waals surface area (Å²) in [6, 6.07) is 19.3. The smallest absolute Gasteiger partial charge is 0.191 e. The molecule has 1 saturated carbocycles. The molecule has 0 aromatic heterocycles. The number of ether oxygens (including phenoxy) is 2. The molecule has 0 radical (unpaired) electrons. The van der Waals surface area contributed by atoms with E-state index in [1.165, 1.54) is 24.0 Å². The molecule has 0 bridgehead atoms. The van der Waals surface area contributed by atoms with Gasteiger partial charge in [-0.05, 0) is 43.4 Å². The van der Waals surface area contributed by atoms with Gasteiger partial charge in [-0.25, -0.2) is 4.99 Å². The van der Waals surface area contributed by atoms with Crippen molar-refractivity contribution in [3.63, 3.8) is 0 Å². The second-order valence-electron chi connectivity index (χ2n) is 7.76. The quantitative estimate of drug-likeness (QED) is 0.316. The fourth-order valence-corrected chi connectivity index (χ4v) is 3.55. The molecule has 162 valence electrons. The molecule has 5 nitrogen and oxygen atoms in total. The molecule has 0 spiro atoms. The van der Waals surface area contributed by atoms with Gasteiger partial charge in [-0.15, -0.1) is 0 Å². The average Bonchev–Trinajstić information content (AvgIpc) is 3.58. The first-order valence-electron chi connectivity index (χ1n) is 11.1. The van der Waals surface area contributed by atoms with Crippen LogP contribution in [0.5, 0.6) is 0 Å². The molecule has 0 amide bonds. The van der Waals surface area contributed by atoms with Gasteiger partial charge in [-0.2, -0.15) is 0 Å². The van der Waals surface area contributed by atoms with Crippen molar-refractivity contribution >= 4 is 5.96 Å². The predicted octanol–water partition coefficient (Wildman–Crippen LogP) is 4.03. The molecule has 0 saturated heterocycles. The number of guanidine groups is 1. The maximum absolute atomic E-state index is 5.68. The first kappa shape index (κ1) is 22.3. The van der Waals surface area contributed by atoms with Crippen LogP contribution in [0.25, 0.3) is 0 Å². The highest BCUT2D eigenvalue weighted by Crippen LogP contribution is 2.47. The number of nitrogens with one attached hydrogen (secondary N) is 2. The van der Waals surface area contributed by atoms with Gasteiger partial charge in [0.1, 0.15) is 0 Å². The number of nitrogens with zero attached hydrogens (tertiary/aromatic N) is 1. The van der Waals surface area contributed by atoms with Crippen LogP contribution in [0.3, 0.4) is 0 Å². The number of rotatable bonds is 12. The molecule has 2 aromatic rings. The molecule has 2 aromatic carbocycles. The van der Waals surface area contributed by atoms with Gasteiger partial charge in [-0.3, -0.25) is 0 Å². The van der Waals surface area contributed by atoms with Crippen LogP contribution in [0, 0.1) is 0 Å². The topological polar surface area (TPSA) is 54.9 Å². The molecule has 1 aliphatic rings. The second kappa shape index (κ2) is 11.7. The second-order valence-corrected chi connectivity index (χ2v) is 7.76. The third-order valence-electron chi connectivity index (χ3n) is 5.43. The third kappa shape index (κ3) is 6.85. The largest absolute Gasteiger partial charge is 0.379 e. The maximum Gasteiger partial charge on any atom is 0.191 e. The van der Waals surface area contributed by atoms with Crippen molar-refractivity contribution in [2.45, 2.75) is 45.3 Å². The van der Waals surface area contributed by atoms with Crippen molar-refractivity contribution in [3.05, 3.63) is 71.3 Å². The Balaban J connectivity index is 1.52. The Bertz CT molecular complexity index is 788. The summed E-state index contributed by atoms with van der Waals surface area (Å²) in [7, 11) is 0. The molecule has 1 aliphatic carbocycles. The Morgan fingerprint density at radius 3 is 2.43 bits per heavy atom. The summed E-state index contributed by atoms with van der Waals surface area (Å²) in [6.07, 6.45) is 2.46. The molecule has 0 aliphatic heterocycles. The number of hydrogen-bond acceptors (Lipinski definition) is 3. The molecule has 1 fully saturated rings. The zero-order chi connectivity index (χ0) is 21.1. The molecule has 0 heterocycles. The van der Waals surface area contributed by atoms with E-state index in [1.807, 2.05) is 6.92 Å². The van der Waals surface area contributed by atoms with E-state index in [2.05, 4.69) is 72.2 Å². The van der Waals surface area contributed by atoms with Gasteiger partial charge in [0.05, 0.1) is 26.4 Å². The minimum Gasteiger partial charge on any atom is -0.379 e. The van der Waals surface area contributed by atoms with E-state index in [9.17, 15) is 0 Å². The summed E-state index contributed by atoms with van der Waals surface area (Å²) in [6.45, 7) is 9.08. The first-order chi connectivity index (χ1) is 14.8. The number of aliphatic imine (C=N–C) groups is 1. The monoisotopic (exact) mass is 409 g/mol. The highest BCUT2D eigenvalue weighted by atomic mass is 16.5. The Kier molecular flexibility index (Phi) is 8.72. The van der Waals surface area contributed by atoms with Crippen molar-refractivity contribution in [1.29, 1.82) is 0 Å². The fraction of sp³-hybridized carbons (Fsp3) is 0.480. The molecule has 2 N–H and O–H groups in total. The van der Waals surface area contributed by atoms with Gasteiger partial charge in [-0.1, -0.05) is 54.6 Å². The highest BCUT2D eigenvalue weighted by molar-refractivity contribution is 5.80. The van der Waals surface area contributed by atoms with E-state index in [0.29, 0.717) is 26.4 Å². The van der Waals surface area contributed by atoms with Crippen LogP contribution in [0.2, 0.25) is 0 Å². The van der Waals surface area contributed by atoms with Crippen molar-refractivity contribution in [2.75, 3.05) is 32.9 Å². The van der Waals surface area contributed by atoms with Crippen molar-refractivity contribution in [3.8, 4) is 0 Å². The van der Waals surface area contributed by atoms with Gasteiger partial charge in [0.15, 0.2) is 5.96 Å². The molecule has 30 heavy (non-hydrogen) atoms. The summed E-state index contributed by atoms with van der Waals surface area (Å²) in [4.78, 5) is 4.80. The van der Waals surface area contributed by atoms with E-state index in [0.717, 1.165) is 31.2 Å². The zero-order valence-corrected chi connectivity index (χ0v) is 18.3. The molecule has 3 rings (SSSR count). The van der Waals surface area contributed by atoms with Gasteiger partial charge < -0.3 is 20.1 Å². The van der Waals surface area contributed by atoms with Crippen LogP contribution >= 0.6 is 0 Å². The highest BCUT2D eigenvalue weighted by Gasteiger charge is 2.43. The van der Waals surface area contributed by atoms with Crippen LogP contribution in [0.4, 0.5) is 0 Å². The summed E-state index contributed by atoms with van der Waals surface area (Å²) >= 11 is 0. The van der Waals surface area contributed by atoms with Crippen LogP contribution in [0.1, 0.15) is 43.4 Å². The van der Waals surface area contributed by atoms with E-state index in [-0.39, 0.29) is 5.41 Å². The Morgan fingerprint density at radius 1 is 0.933 bits per heavy atom. The van der Waals surface area contributed by atoms with Crippen LogP contribution in [0.15, 0.2) is 59.6 Å². The van der Waals surface area contributed by atoms with E-state index in [1.54, 1.807) is 0 Å². The van der Waals surface area contributed by atoms with Crippen LogP contribution in [-0.4, -0.2) is 38.9 Å². The lowest BCUT2D eigenvalue weighted by Gasteiger charge is -2.19. The molecule has 0 unspecified atom stereocenters. The molecular weight excluding hydrogens is 374 g/mol. The normalized spacial score (nSPS) is 15.1. The van der Waals surface area contributed by atoms with E-state index in [4.69, 9.17) is 14.5 Å². The lowest BCUT2D eigenvalue weighted by atomic mass is 9.96. The Morgan fingerprint density at radius 2 is 1.70 bits per heavy atom. The molecular formula is C25H35N3O2. The third-order valence-corrected chi connectivity index (χ3v) is 5.43. The van der Waals surface area contributed by atoms with Crippen LogP contribution < -0.4 is 10.6 Å². The molecule has 5 heteroatoms. The minimum atomic E-state index is 0.260. The van der Waals surface area contributed by atoms with E-state index >= 15 is 0 Å². The van der Waals surface area contributed by atoms with Gasteiger partial charge in [0, 0.05) is 25.1 Å². The standard InChI is InChI=1S/C25H35N3O2/c1-3-26-24(28-20-25(13-14-25)23-11-6-5-7-12-23)27-18-21-9-8-10-22(17-21)19-30-16-15-29-4-2/h5-12,17H,3-4,13-16,18-20H2,1-2H3,(H2,26,27,28). The number of hydrogen-bond donors (Lipinski definition) is 2. The summed E-state index contributed by atoms with van der Waals surface area (Å²) in [5.41, 5.74) is 4.03. The summed E-state index contributed by atoms with van der Waals surface area (Å²) in [5, 5.41) is 6.93.